The summed E-state index contributed by atoms with van der Waals surface area (Å²) in [5.41, 5.74) is 5.00. The zero-order valence-corrected chi connectivity index (χ0v) is 8.12. The summed E-state index contributed by atoms with van der Waals surface area (Å²) in [6.45, 7) is 0.938. The SMILES string of the molecule is CN(C)C=O.NC(=O)C1CCCN1. The molecule has 0 spiro atoms. The predicted molar refractivity (Wildman–Crippen MR) is 50.0 cm³/mol. The molecule has 1 aliphatic rings. The maximum atomic E-state index is 10.4. The summed E-state index contributed by atoms with van der Waals surface area (Å²) in [4.78, 5) is 21.2. The van der Waals surface area contributed by atoms with Crippen molar-refractivity contribution in [2.24, 2.45) is 5.73 Å². The van der Waals surface area contributed by atoms with E-state index in [1.54, 1.807) is 14.1 Å². The molecular formula is C8H17N3O2. The second-order valence-electron chi connectivity index (χ2n) is 3.12. The van der Waals surface area contributed by atoms with E-state index in [0.717, 1.165) is 25.8 Å². The van der Waals surface area contributed by atoms with Crippen LogP contribution < -0.4 is 11.1 Å². The quantitative estimate of drug-likeness (QED) is 0.540. The van der Waals surface area contributed by atoms with Crippen LogP contribution in [0.15, 0.2) is 0 Å². The van der Waals surface area contributed by atoms with Crippen LogP contribution in [0.4, 0.5) is 0 Å². The highest BCUT2D eigenvalue weighted by Crippen LogP contribution is 2.02. The van der Waals surface area contributed by atoms with Crippen molar-refractivity contribution in [2.45, 2.75) is 18.9 Å². The molecule has 0 saturated carbocycles. The minimum absolute atomic E-state index is 0.0463. The molecule has 13 heavy (non-hydrogen) atoms. The van der Waals surface area contributed by atoms with E-state index in [1.807, 2.05) is 0 Å². The molecule has 2 amide bonds. The van der Waals surface area contributed by atoms with Gasteiger partial charge in [0.05, 0.1) is 6.04 Å². The highest BCUT2D eigenvalue weighted by molar-refractivity contribution is 5.80. The first kappa shape index (κ1) is 11.9. The van der Waals surface area contributed by atoms with E-state index >= 15 is 0 Å². The number of carbonyl (C=O) groups excluding carboxylic acids is 2. The second kappa shape index (κ2) is 6.42. The largest absolute Gasteiger partial charge is 0.368 e. The molecule has 1 atom stereocenters. The van der Waals surface area contributed by atoms with E-state index in [2.05, 4.69) is 5.32 Å². The first-order chi connectivity index (χ1) is 6.07. The molecular weight excluding hydrogens is 170 g/mol. The molecule has 3 N–H and O–H groups in total. The average molecular weight is 187 g/mol. The summed E-state index contributed by atoms with van der Waals surface area (Å²) in [6.07, 6.45) is 2.74. The fourth-order valence-corrected chi connectivity index (χ4v) is 0.927. The number of hydrogen-bond acceptors (Lipinski definition) is 3. The Morgan fingerprint density at radius 3 is 2.31 bits per heavy atom. The molecule has 0 bridgehead atoms. The van der Waals surface area contributed by atoms with Crippen LogP contribution in [0.1, 0.15) is 12.8 Å². The molecule has 1 rings (SSSR count). The van der Waals surface area contributed by atoms with Gasteiger partial charge >= 0.3 is 0 Å². The van der Waals surface area contributed by atoms with Crippen molar-refractivity contribution in [2.75, 3.05) is 20.6 Å². The number of primary amides is 1. The summed E-state index contributed by atoms with van der Waals surface area (Å²) >= 11 is 0. The molecule has 0 aliphatic carbocycles. The van der Waals surface area contributed by atoms with Crippen LogP contribution >= 0.6 is 0 Å². The molecule has 0 aromatic carbocycles. The first-order valence-electron chi connectivity index (χ1n) is 4.22. The third-order valence-electron chi connectivity index (χ3n) is 1.61. The van der Waals surface area contributed by atoms with Crippen molar-refractivity contribution in [3.05, 3.63) is 0 Å². The van der Waals surface area contributed by atoms with Gasteiger partial charge < -0.3 is 16.0 Å². The summed E-state index contributed by atoms with van der Waals surface area (Å²) in [7, 11) is 3.38. The number of amides is 2. The van der Waals surface area contributed by atoms with Crippen molar-refractivity contribution in [3.8, 4) is 0 Å². The van der Waals surface area contributed by atoms with Gasteiger partial charge in [0.1, 0.15) is 0 Å². The lowest BCUT2D eigenvalue weighted by Crippen LogP contribution is -2.36. The van der Waals surface area contributed by atoms with Gasteiger partial charge in [-0.1, -0.05) is 0 Å². The molecule has 76 valence electrons. The first-order valence-corrected chi connectivity index (χ1v) is 4.22. The lowest BCUT2D eigenvalue weighted by molar-refractivity contribution is -0.119. The molecule has 1 heterocycles. The lowest BCUT2D eigenvalue weighted by Gasteiger charge is -2.01. The monoisotopic (exact) mass is 187 g/mol. The van der Waals surface area contributed by atoms with Crippen LogP contribution in [0.3, 0.4) is 0 Å². The smallest absolute Gasteiger partial charge is 0.234 e. The van der Waals surface area contributed by atoms with Gasteiger partial charge in [-0.3, -0.25) is 9.59 Å². The fraction of sp³-hybridized carbons (Fsp3) is 0.750. The van der Waals surface area contributed by atoms with Crippen LogP contribution in [0.2, 0.25) is 0 Å². The van der Waals surface area contributed by atoms with Crippen molar-refractivity contribution in [1.29, 1.82) is 0 Å². The maximum Gasteiger partial charge on any atom is 0.234 e. The normalized spacial score (nSPS) is 20.0. The summed E-state index contributed by atoms with van der Waals surface area (Å²) in [5.74, 6) is -0.220. The number of nitrogens with zero attached hydrogens (tertiary/aromatic N) is 1. The van der Waals surface area contributed by atoms with E-state index in [4.69, 9.17) is 5.73 Å². The molecule has 5 heteroatoms. The number of rotatable bonds is 2. The summed E-state index contributed by atoms with van der Waals surface area (Å²) in [6, 6.07) is -0.0463. The molecule has 1 fully saturated rings. The Kier molecular flexibility index (Phi) is 5.88. The Bertz CT molecular complexity index is 165. The van der Waals surface area contributed by atoms with Gasteiger partial charge in [-0.05, 0) is 19.4 Å². The number of hydrogen-bond donors (Lipinski definition) is 2. The van der Waals surface area contributed by atoms with Crippen molar-refractivity contribution < 1.29 is 9.59 Å². The Hall–Kier alpha value is -1.10. The van der Waals surface area contributed by atoms with Gasteiger partial charge in [-0.15, -0.1) is 0 Å². The predicted octanol–water partition coefficient (Wildman–Crippen LogP) is -1.07. The molecule has 0 radical (unpaired) electrons. The van der Waals surface area contributed by atoms with Crippen molar-refractivity contribution >= 4 is 12.3 Å². The Labute approximate surface area is 78.3 Å². The van der Waals surface area contributed by atoms with E-state index in [1.165, 1.54) is 4.90 Å². The highest BCUT2D eigenvalue weighted by Gasteiger charge is 2.18. The highest BCUT2D eigenvalue weighted by atomic mass is 16.1. The number of nitrogens with two attached hydrogens (primary N) is 1. The lowest BCUT2D eigenvalue weighted by atomic mass is 10.2. The van der Waals surface area contributed by atoms with Gasteiger partial charge in [0.25, 0.3) is 0 Å². The summed E-state index contributed by atoms with van der Waals surface area (Å²) < 4.78 is 0. The Balaban J connectivity index is 0.000000252. The van der Waals surface area contributed by atoms with E-state index in [0.29, 0.717) is 0 Å². The van der Waals surface area contributed by atoms with Gasteiger partial charge in [0, 0.05) is 14.1 Å². The van der Waals surface area contributed by atoms with Crippen LogP contribution in [0.25, 0.3) is 0 Å². The van der Waals surface area contributed by atoms with Gasteiger partial charge in [0.15, 0.2) is 0 Å². The third kappa shape index (κ3) is 6.10. The van der Waals surface area contributed by atoms with Gasteiger partial charge in [-0.25, -0.2) is 0 Å². The van der Waals surface area contributed by atoms with Gasteiger partial charge in [0.2, 0.25) is 12.3 Å². The average Bonchev–Trinajstić information content (AvgIpc) is 2.57. The van der Waals surface area contributed by atoms with E-state index in [-0.39, 0.29) is 11.9 Å². The molecule has 1 unspecified atom stereocenters. The topological polar surface area (TPSA) is 75.4 Å². The van der Waals surface area contributed by atoms with Crippen molar-refractivity contribution in [1.82, 2.24) is 10.2 Å². The third-order valence-corrected chi connectivity index (χ3v) is 1.61. The van der Waals surface area contributed by atoms with Crippen molar-refractivity contribution in [3.63, 3.8) is 0 Å². The molecule has 0 aromatic heterocycles. The Morgan fingerprint density at radius 1 is 1.62 bits per heavy atom. The minimum Gasteiger partial charge on any atom is -0.368 e. The van der Waals surface area contributed by atoms with E-state index < -0.39 is 0 Å². The van der Waals surface area contributed by atoms with Gasteiger partial charge in [-0.2, -0.15) is 0 Å². The van der Waals surface area contributed by atoms with E-state index in [9.17, 15) is 9.59 Å². The standard InChI is InChI=1S/C5H10N2O.C3H7NO/c6-5(8)4-2-1-3-7-4;1-4(2)3-5/h4,7H,1-3H2,(H2,6,8);3H,1-2H3. The molecule has 5 nitrogen and oxygen atoms in total. The maximum absolute atomic E-state index is 10.4. The van der Waals surface area contributed by atoms with Crippen LogP contribution in [-0.2, 0) is 9.59 Å². The number of nitrogens with one attached hydrogen (secondary N) is 1. The Morgan fingerprint density at radius 2 is 2.15 bits per heavy atom. The molecule has 1 saturated heterocycles. The zero-order chi connectivity index (χ0) is 10.3. The zero-order valence-electron chi connectivity index (χ0n) is 8.12. The minimum atomic E-state index is -0.220. The molecule has 1 aliphatic heterocycles. The van der Waals surface area contributed by atoms with Crippen LogP contribution in [0, 0.1) is 0 Å². The van der Waals surface area contributed by atoms with Crippen LogP contribution in [-0.4, -0.2) is 43.9 Å². The second-order valence-corrected chi connectivity index (χ2v) is 3.12. The summed E-state index contributed by atoms with van der Waals surface area (Å²) in [5, 5.41) is 2.98. The fourth-order valence-electron chi connectivity index (χ4n) is 0.927. The number of carbonyl (C=O) groups is 2. The van der Waals surface area contributed by atoms with Crippen LogP contribution in [0.5, 0.6) is 0 Å². The molecule has 0 aromatic rings.